The van der Waals surface area contributed by atoms with Crippen molar-refractivity contribution < 1.29 is 0 Å². The maximum Gasteiger partial charge on any atom is 0.224 e. The lowest BCUT2D eigenvalue weighted by Crippen LogP contribution is -2.44. The quantitative estimate of drug-likeness (QED) is 0.817. The maximum atomic E-state index is 6.26. The molecule has 0 bridgehead atoms. The number of hydrogen-bond acceptors (Lipinski definition) is 5. The fourth-order valence-electron chi connectivity index (χ4n) is 3.97. The molecule has 1 fully saturated rings. The van der Waals surface area contributed by atoms with Gasteiger partial charge in [-0.2, -0.15) is 0 Å². The average Bonchev–Trinajstić information content (AvgIpc) is 3.11. The summed E-state index contributed by atoms with van der Waals surface area (Å²) >= 11 is 6.26. The summed E-state index contributed by atoms with van der Waals surface area (Å²) in [6.07, 6.45) is 1.89. The number of hydrogen-bond donors (Lipinski definition) is 1. The monoisotopic (exact) mass is 381 g/mol. The molecule has 3 heterocycles. The van der Waals surface area contributed by atoms with Crippen LogP contribution in [0.5, 0.6) is 0 Å². The van der Waals surface area contributed by atoms with Gasteiger partial charge in [0.05, 0.1) is 12.2 Å². The first-order chi connectivity index (χ1) is 13.1. The molecule has 6 heteroatoms. The molecule has 2 aliphatic rings. The van der Waals surface area contributed by atoms with E-state index in [1.165, 1.54) is 5.56 Å². The Labute approximate surface area is 165 Å². The number of nitrogens with one attached hydrogen (secondary N) is 1. The van der Waals surface area contributed by atoms with Crippen molar-refractivity contribution in [3.05, 3.63) is 59.0 Å². The fraction of sp³-hybridized carbons (Fsp3) is 0.333. The number of piperazine rings is 1. The van der Waals surface area contributed by atoms with Crippen molar-refractivity contribution in [2.24, 2.45) is 0 Å². The van der Waals surface area contributed by atoms with Crippen molar-refractivity contribution in [1.82, 2.24) is 15.3 Å². The molecule has 1 saturated heterocycles. The molecule has 2 aliphatic heterocycles. The zero-order valence-corrected chi connectivity index (χ0v) is 16.4. The summed E-state index contributed by atoms with van der Waals surface area (Å²) < 4.78 is 0. The number of aromatic nitrogens is 2. The SMILES string of the molecule is C=Cc1cccc(N2Cc3nc(Cl)nc(N4CCNCC4)c3C2)c1C(=C)C. The van der Waals surface area contributed by atoms with Crippen LogP contribution in [0.2, 0.25) is 5.28 Å². The van der Waals surface area contributed by atoms with E-state index in [1.807, 2.05) is 13.0 Å². The molecule has 1 aromatic heterocycles. The van der Waals surface area contributed by atoms with Crippen molar-refractivity contribution >= 4 is 34.8 Å². The van der Waals surface area contributed by atoms with E-state index >= 15 is 0 Å². The van der Waals surface area contributed by atoms with Gasteiger partial charge in [-0.25, -0.2) is 9.97 Å². The second-order valence-corrected chi connectivity index (χ2v) is 7.40. The van der Waals surface area contributed by atoms with Crippen molar-refractivity contribution in [3.63, 3.8) is 0 Å². The van der Waals surface area contributed by atoms with E-state index in [9.17, 15) is 0 Å². The number of fused-ring (bicyclic) bond motifs is 1. The zero-order valence-electron chi connectivity index (χ0n) is 15.6. The van der Waals surface area contributed by atoms with Gasteiger partial charge in [0, 0.05) is 49.5 Å². The van der Waals surface area contributed by atoms with Crippen molar-refractivity contribution in [3.8, 4) is 0 Å². The molecule has 0 aliphatic carbocycles. The first-order valence-electron chi connectivity index (χ1n) is 9.25. The second-order valence-electron chi connectivity index (χ2n) is 7.06. The highest BCUT2D eigenvalue weighted by atomic mass is 35.5. The Morgan fingerprint density at radius 2 is 1.96 bits per heavy atom. The Bertz CT molecular complexity index is 902. The van der Waals surface area contributed by atoms with Gasteiger partial charge in [0.1, 0.15) is 5.82 Å². The molecule has 5 nitrogen and oxygen atoms in total. The van der Waals surface area contributed by atoms with E-state index in [0.29, 0.717) is 5.28 Å². The molecule has 4 rings (SSSR count). The van der Waals surface area contributed by atoms with Gasteiger partial charge >= 0.3 is 0 Å². The third kappa shape index (κ3) is 3.33. The van der Waals surface area contributed by atoms with Gasteiger partial charge in [0.25, 0.3) is 0 Å². The van der Waals surface area contributed by atoms with Gasteiger partial charge < -0.3 is 15.1 Å². The van der Waals surface area contributed by atoms with Crippen LogP contribution in [0.1, 0.15) is 29.3 Å². The van der Waals surface area contributed by atoms with Crippen LogP contribution in [0.25, 0.3) is 11.6 Å². The smallest absolute Gasteiger partial charge is 0.224 e. The van der Waals surface area contributed by atoms with Crippen LogP contribution in [-0.4, -0.2) is 36.1 Å². The third-order valence-electron chi connectivity index (χ3n) is 5.21. The summed E-state index contributed by atoms with van der Waals surface area (Å²) in [6, 6.07) is 6.28. The number of halogens is 1. The zero-order chi connectivity index (χ0) is 19.0. The van der Waals surface area contributed by atoms with E-state index in [4.69, 9.17) is 11.6 Å². The Morgan fingerprint density at radius 3 is 2.67 bits per heavy atom. The van der Waals surface area contributed by atoms with Gasteiger partial charge in [-0.15, -0.1) is 0 Å². The highest BCUT2D eigenvalue weighted by Crippen LogP contribution is 2.38. The van der Waals surface area contributed by atoms with E-state index in [1.54, 1.807) is 0 Å². The van der Waals surface area contributed by atoms with Crippen LogP contribution in [-0.2, 0) is 13.1 Å². The standard InChI is InChI=1S/C21H24ClN5/c1-4-15-6-5-7-18(19(15)14(2)3)27-12-16-17(13-27)24-21(22)25-20(16)26-10-8-23-9-11-26/h4-7,23H,1-2,8-13H2,3H3. The Kier molecular flexibility index (Phi) is 4.89. The summed E-state index contributed by atoms with van der Waals surface area (Å²) in [5.41, 5.74) is 6.62. The van der Waals surface area contributed by atoms with Crippen molar-refractivity contribution in [2.45, 2.75) is 20.0 Å². The highest BCUT2D eigenvalue weighted by molar-refractivity contribution is 6.28. The summed E-state index contributed by atoms with van der Waals surface area (Å²) in [5.74, 6) is 0.978. The van der Waals surface area contributed by atoms with Crippen LogP contribution in [0.15, 0.2) is 31.4 Å². The molecule has 1 N–H and O–H groups in total. The lowest BCUT2D eigenvalue weighted by Gasteiger charge is -2.30. The van der Waals surface area contributed by atoms with Gasteiger partial charge in [-0.1, -0.05) is 31.4 Å². The van der Waals surface area contributed by atoms with Gasteiger partial charge in [-0.05, 0) is 35.7 Å². The molecule has 0 spiro atoms. The summed E-state index contributed by atoms with van der Waals surface area (Å²) in [4.78, 5) is 13.8. The number of nitrogens with zero attached hydrogens (tertiary/aromatic N) is 4. The molecule has 0 atom stereocenters. The van der Waals surface area contributed by atoms with Gasteiger partial charge in [0.15, 0.2) is 0 Å². The Hall–Kier alpha value is -2.37. The van der Waals surface area contributed by atoms with E-state index in [2.05, 4.69) is 56.4 Å². The topological polar surface area (TPSA) is 44.3 Å². The van der Waals surface area contributed by atoms with Gasteiger partial charge in [-0.3, -0.25) is 0 Å². The van der Waals surface area contributed by atoms with E-state index < -0.39 is 0 Å². The van der Waals surface area contributed by atoms with Gasteiger partial charge in [0.2, 0.25) is 5.28 Å². The minimum Gasteiger partial charge on any atom is -0.361 e. The molecule has 0 amide bonds. The molecular formula is C21H24ClN5. The molecule has 140 valence electrons. The number of anilines is 2. The third-order valence-corrected chi connectivity index (χ3v) is 5.38. The summed E-state index contributed by atoms with van der Waals surface area (Å²) in [7, 11) is 0. The van der Waals surface area contributed by atoms with Crippen LogP contribution in [0, 0.1) is 0 Å². The minimum atomic E-state index is 0.323. The Morgan fingerprint density at radius 1 is 1.19 bits per heavy atom. The van der Waals surface area contributed by atoms with Crippen LogP contribution in [0.4, 0.5) is 11.5 Å². The molecule has 1 aromatic carbocycles. The normalized spacial score (nSPS) is 16.4. The molecule has 27 heavy (non-hydrogen) atoms. The van der Waals surface area contributed by atoms with E-state index in [0.717, 1.165) is 73.2 Å². The number of benzene rings is 1. The first kappa shape index (κ1) is 18.0. The van der Waals surface area contributed by atoms with Crippen LogP contribution >= 0.6 is 11.6 Å². The lowest BCUT2D eigenvalue weighted by molar-refractivity contribution is 0.583. The summed E-state index contributed by atoms with van der Waals surface area (Å²) in [6.45, 7) is 15.5. The largest absolute Gasteiger partial charge is 0.361 e. The predicted molar refractivity (Wildman–Crippen MR) is 113 cm³/mol. The second kappa shape index (κ2) is 7.33. The minimum absolute atomic E-state index is 0.323. The molecule has 0 unspecified atom stereocenters. The molecule has 2 aromatic rings. The van der Waals surface area contributed by atoms with Crippen molar-refractivity contribution in [2.75, 3.05) is 36.0 Å². The van der Waals surface area contributed by atoms with Crippen LogP contribution < -0.4 is 15.1 Å². The summed E-state index contributed by atoms with van der Waals surface area (Å²) in [5, 5.41) is 3.71. The van der Waals surface area contributed by atoms with E-state index in [-0.39, 0.29) is 0 Å². The molecule has 0 radical (unpaired) electrons. The molecule has 0 saturated carbocycles. The average molecular weight is 382 g/mol. The highest BCUT2D eigenvalue weighted by Gasteiger charge is 2.29. The van der Waals surface area contributed by atoms with Crippen LogP contribution in [0.3, 0.4) is 0 Å². The number of rotatable bonds is 4. The maximum absolute atomic E-state index is 6.26. The fourth-order valence-corrected chi connectivity index (χ4v) is 4.15. The first-order valence-corrected chi connectivity index (χ1v) is 9.63. The predicted octanol–water partition coefficient (Wildman–Crippen LogP) is 3.74. The Balaban J connectivity index is 1.73. The van der Waals surface area contributed by atoms with Crippen molar-refractivity contribution in [1.29, 1.82) is 0 Å². The lowest BCUT2D eigenvalue weighted by atomic mass is 9.99. The molecular weight excluding hydrogens is 358 g/mol. The number of allylic oxidation sites excluding steroid dienone is 1.